The molecule has 0 saturated heterocycles. The van der Waals surface area contributed by atoms with Crippen LogP contribution in [0.4, 0.5) is 0 Å². The van der Waals surface area contributed by atoms with Crippen LogP contribution in [0.25, 0.3) is 5.78 Å². The number of fused-ring (bicyclic) bond motifs is 1. The van der Waals surface area contributed by atoms with E-state index in [0.717, 1.165) is 11.4 Å². The van der Waals surface area contributed by atoms with Gasteiger partial charge in [0.05, 0.1) is 0 Å². The molecule has 16 heavy (non-hydrogen) atoms. The van der Waals surface area contributed by atoms with Crippen molar-refractivity contribution in [3.05, 3.63) is 33.5 Å². The van der Waals surface area contributed by atoms with E-state index in [1.807, 2.05) is 25.5 Å². The zero-order valence-electron chi connectivity index (χ0n) is 9.69. The molecule has 0 radical (unpaired) electrons. The summed E-state index contributed by atoms with van der Waals surface area (Å²) in [6, 6.07) is 0. The van der Waals surface area contributed by atoms with Gasteiger partial charge in [-0.25, -0.2) is 9.38 Å². The third-order valence-corrected chi connectivity index (χ3v) is 3.06. The predicted molar refractivity (Wildman–Crippen MR) is 60.7 cm³/mol. The van der Waals surface area contributed by atoms with Gasteiger partial charge in [0.25, 0.3) is 5.56 Å². The molecule has 0 aromatic carbocycles. The molecule has 2 rings (SSSR count). The van der Waals surface area contributed by atoms with Gasteiger partial charge in [-0.05, 0) is 13.8 Å². The van der Waals surface area contributed by atoms with Crippen LogP contribution < -0.4 is 5.56 Å². The van der Waals surface area contributed by atoms with Gasteiger partial charge in [-0.3, -0.25) is 4.79 Å². The van der Waals surface area contributed by atoms with E-state index in [1.54, 1.807) is 10.6 Å². The molecule has 2 heterocycles. The largest absolute Gasteiger partial charge is 0.396 e. The molecular weight excluding hydrogens is 206 g/mol. The first-order valence-corrected chi connectivity index (χ1v) is 5.21. The van der Waals surface area contributed by atoms with E-state index < -0.39 is 0 Å². The standard InChI is InChI=1S/C11H15N3O2/c1-7-8(2)14-10(16)9(4-5-15)6-12-11(14)13(7)3/h6,15H,4-5H2,1-3H3. The van der Waals surface area contributed by atoms with Crippen molar-refractivity contribution in [1.82, 2.24) is 14.0 Å². The highest BCUT2D eigenvalue weighted by Crippen LogP contribution is 2.10. The zero-order chi connectivity index (χ0) is 11.9. The molecule has 0 aliphatic rings. The summed E-state index contributed by atoms with van der Waals surface area (Å²) in [4.78, 5) is 16.4. The van der Waals surface area contributed by atoms with Crippen LogP contribution in [-0.2, 0) is 13.5 Å². The van der Waals surface area contributed by atoms with Gasteiger partial charge in [0, 0.05) is 43.2 Å². The summed E-state index contributed by atoms with van der Waals surface area (Å²) in [5, 5.41) is 8.86. The number of aryl methyl sites for hydroxylation is 2. The van der Waals surface area contributed by atoms with Gasteiger partial charge in [0.2, 0.25) is 5.78 Å². The van der Waals surface area contributed by atoms with Crippen molar-refractivity contribution in [2.24, 2.45) is 7.05 Å². The Balaban J connectivity index is 2.84. The summed E-state index contributed by atoms with van der Waals surface area (Å²) in [5.41, 5.74) is 2.38. The lowest BCUT2D eigenvalue weighted by Gasteiger charge is -2.00. The van der Waals surface area contributed by atoms with Gasteiger partial charge < -0.3 is 9.67 Å². The Morgan fingerprint density at radius 1 is 1.38 bits per heavy atom. The molecule has 2 aromatic heterocycles. The summed E-state index contributed by atoms with van der Waals surface area (Å²) in [7, 11) is 1.88. The molecule has 0 fully saturated rings. The molecule has 0 spiro atoms. The number of aromatic nitrogens is 3. The van der Waals surface area contributed by atoms with E-state index in [2.05, 4.69) is 4.98 Å². The van der Waals surface area contributed by atoms with Crippen molar-refractivity contribution in [2.75, 3.05) is 6.61 Å². The van der Waals surface area contributed by atoms with Crippen molar-refractivity contribution in [3.63, 3.8) is 0 Å². The number of aliphatic hydroxyl groups is 1. The lowest BCUT2D eigenvalue weighted by atomic mass is 10.2. The molecule has 0 aliphatic heterocycles. The van der Waals surface area contributed by atoms with Crippen LogP contribution in [0.15, 0.2) is 11.0 Å². The lowest BCUT2D eigenvalue weighted by molar-refractivity contribution is 0.299. The van der Waals surface area contributed by atoms with Crippen molar-refractivity contribution < 1.29 is 5.11 Å². The number of nitrogens with zero attached hydrogens (tertiary/aromatic N) is 3. The average molecular weight is 221 g/mol. The maximum Gasteiger partial charge on any atom is 0.262 e. The first kappa shape index (κ1) is 10.9. The summed E-state index contributed by atoms with van der Waals surface area (Å²) < 4.78 is 3.49. The van der Waals surface area contributed by atoms with Crippen molar-refractivity contribution in [2.45, 2.75) is 20.3 Å². The van der Waals surface area contributed by atoms with Gasteiger partial charge in [-0.15, -0.1) is 0 Å². The van der Waals surface area contributed by atoms with Crippen LogP contribution in [0.5, 0.6) is 0 Å². The molecule has 86 valence electrons. The molecule has 0 bridgehead atoms. The Hall–Kier alpha value is -1.62. The third kappa shape index (κ3) is 1.36. The van der Waals surface area contributed by atoms with Crippen LogP contribution in [0.2, 0.25) is 0 Å². The number of hydrogen-bond acceptors (Lipinski definition) is 3. The van der Waals surface area contributed by atoms with Crippen LogP contribution in [-0.4, -0.2) is 25.7 Å². The molecule has 5 heteroatoms. The molecule has 0 amide bonds. The fraction of sp³-hybridized carbons (Fsp3) is 0.455. The summed E-state index contributed by atoms with van der Waals surface area (Å²) in [6.07, 6.45) is 1.90. The number of hydrogen-bond donors (Lipinski definition) is 1. The SMILES string of the molecule is Cc1c(C)n2c(=O)c(CCO)cnc2n1C. The molecule has 0 atom stereocenters. The van der Waals surface area contributed by atoms with E-state index in [-0.39, 0.29) is 12.2 Å². The van der Waals surface area contributed by atoms with Crippen LogP contribution in [0, 0.1) is 13.8 Å². The molecule has 0 unspecified atom stereocenters. The third-order valence-electron chi connectivity index (χ3n) is 3.06. The van der Waals surface area contributed by atoms with Gasteiger partial charge in [0.15, 0.2) is 0 Å². The maximum atomic E-state index is 12.1. The van der Waals surface area contributed by atoms with Gasteiger partial charge in [-0.1, -0.05) is 0 Å². The van der Waals surface area contributed by atoms with Crippen LogP contribution in [0.1, 0.15) is 17.0 Å². The summed E-state index contributed by atoms with van der Waals surface area (Å²) >= 11 is 0. The number of imidazole rings is 1. The van der Waals surface area contributed by atoms with Crippen molar-refractivity contribution in [3.8, 4) is 0 Å². The fourth-order valence-corrected chi connectivity index (χ4v) is 1.87. The second-order valence-electron chi connectivity index (χ2n) is 3.93. The topological polar surface area (TPSA) is 59.5 Å². The van der Waals surface area contributed by atoms with Gasteiger partial charge in [0.1, 0.15) is 0 Å². The first-order chi connectivity index (χ1) is 7.57. The van der Waals surface area contributed by atoms with Crippen molar-refractivity contribution in [1.29, 1.82) is 0 Å². The highest BCUT2D eigenvalue weighted by molar-refractivity contribution is 5.38. The molecule has 5 nitrogen and oxygen atoms in total. The van der Waals surface area contributed by atoms with Gasteiger partial charge in [-0.2, -0.15) is 0 Å². The summed E-state index contributed by atoms with van der Waals surface area (Å²) in [6.45, 7) is 3.82. The Labute approximate surface area is 93.0 Å². The lowest BCUT2D eigenvalue weighted by Crippen LogP contribution is -2.20. The number of aliphatic hydroxyl groups excluding tert-OH is 1. The second-order valence-corrected chi connectivity index (χ2v) is 3.93. The quantitative estimate of drug-likeness (QED) is 0.787. The average Bonchev–Trinajstić information content (AvgIpc) is 2.48. The minimum atomic E-state index is -0.0831. The van der Waals surface area contributed by atoms with E-state index in [0.29, 0.717) is 17.8 Å². The normalized spacial score (nSPS) is 11.2. The van der Waals surface area contributed by atoms with E-state index in [4.69, 9.17) is 5.11 Å². The molecule has 1 N–H and O–H groups in total. The van der Waals surface area contributed by atoms with E-state index in [1.165, 1.54) is 0 Å². The first-order valence-electron chi connectivity index (χ1n) is 5.21. The Morgan fingerprint density at radius 3 is 2.69 bits per heavy atom. The van der Waals surface area contributed by atoms with E-state index in [9.17, 15) is 4.79 Å². The molecule has 0 saturated carbocycles. The smallest absolute Gasteiger partial charge is 0.262 e. The fourth-order valence-electron chi connectivity index (χ4n) is 1.87. The minimum Gasteiger partial charge on any atom is -0.396 e. The molecule has 0 aliphatic carbocycles. The van der Waals surface area contributed by atoms with Crippen LogP contribution >= 0.6 is 0 Å². The monoisotopic (exact) mass is 221 g/mol. The number of rotatable bonds is 2. The zero-order valence-corrected chi connectivity index (χ0v) is 9.69. The van der Waals surface area contributed by atoms with E-state index >= 15 is 0 Å². The van der Waals surface area contributed by atoms with Gasteiger partial charge >= 0.3 is 0 Å². The molecule has 2 aromatic rings. The second kappa shape index (κ2) is 3.75. The van der Waals surface area contributed by atoms with Crippen molar-refractivity contribution >= 4 is 5.78 Å². The minimum absolute atomic E-state index is 0.0339. The van der Waals surface area contributed by atoms with Crippen LogP contribution in [0.3, 0.4) is 0 Å². The maximum absolute atomic E-state index is 12.1. The summed E-state index contributed by atoms with van der Waals surface area (Å²) in [5.74, 6) is 0.640. The highest BCUT2D eigenvalue weighted by Gasteiger charge is 2.12. The predicted octanol–water partition coefficient (Wildman–Crippen LogP) is 0.185. The molecular formula is C11H15N3O2. The Kier molecular flexibility index (Phi) is 2.55. The highest BCUT2D eigenvalue weighted by atomic mass is 16.3. The Bertz CT molecular complexity index is 595. The Morgan fingerprint density at radius 2 is 2.06 bits per heavy atom.